The molecule has 5 amide bonds. The van der Waals surface area contributed by atoms with Gasteiger partial charge in [-0.05, 0) is 43.9 Å². The van der Waals surface area contributed by atoms with E-state index in [4.69, 9.17) is 0 Å². The summed E-state index contributed by atoms with van der Waals surface area (Å²) in [6.45, 7) is 2.00. The average Bonchev–Trinajstić information content (AvgIpc) is 3.12. The fraction of sp³-hybridized carbons (Fsp3) is 0.789. The van der Waals surface area contributed by atoms with Gasteiger partial charge in [-0.2, -0.15) is 0 Å². The van der Waals surface area contributed by atoms with Gasteiger partial charge in [0.15, 0.2) is 0 Å². The lowest BCUT2D eigenvalue weighted by molar-refractivity contribution is -0.124. The van der Waals surface area contributed by atoms with Crippen molar-refractivity contribution >= 4 is 23.8 Å². The third kappa shape index (κ3) is 5.43. The molecule has 0 aromatic heterocycles. The second kappa shape index (κ2) is 8.27. The first-order chi connectivity index (χ1) is 12.8. The van der Waals surface area contributed by atoms with Gasteiger partial charge >= 0.3 is 6.03 Å². The van der Waals surface area contributed by atoms with E-state index in [9.17, 15) is 19.2 Å². The van der Waals surface area contributed by atoms with Crippen LogP contribution in [0.2, 0.25) is 0 Å². The lowest BCUT2D eigenvalue weighted by Crippen LogP contribution is -2.48. The zero-order valence-electron chi connectivity index (χ0n) is 16.0. The van der Waals surface area contributed by atoms with Crippen molar-refractivity contribution < 1.29 is 19.2 Å². The molecule has 3 N–H and O–H groups in total. The predicted octanol–water partition coefficient (Wildman–Crippen LogP) is 1.05. The number of imide groups is 1. The second-order valence-corrected chi connectivity index (χ2v) is 8.60. The van der Waals surface area contributed by atoms with Gasteiger partial charge in [-0.15, -0.1) is 0 Å². The zero-order valence-corrected chi connectivity index (χ0v) is 16.0. The standard InChI is InChI=1S/C19H30N4O4/c1-19(7-2-3-8-19)10-15(24)20-13-5-4-6-14(9-13)21-16(25)11-23-12-17(26)22-18(23)27/h13-14H,2-12H2,1H3,(H,20,24)(H,21,25)(H,22,26,27)/t13-,14+/m1/s1. The van der Waals surface area contributed by atoms with E-state index in [-0.39, 0.29) is 48.3 Å². The van der Waals surface area contributed by atoms with Crippen LogP contribution in [0.15, 0.2) is 0 Å². The minimum atomic E-state index is -0.524. The van der Waals surface area contributed by atoms with E-state index in [1.165, 1.54) is 17.7 Å². The highest BCUT2D eigenvalue weighted by molar-refractivity contribution is 6.03. The van der Waals surface area contributed by atoms with Crippen molar-refractivity contribution in [3.8, 4) is 0 Å². The van der Waals surface area contributed by atoms with Gasteiger partial charge in [0.1, 0.15) is 13.1 Å². The molecule has 0 radical (unpaired) electrons. The highest BCUT2D eigenvalue weighted by Gasteiger charge is 2.33. The molecular formula is C19H30N4O4. The lowest BCUT2D eigenvalue weighted by Gasteiger charge is -2.32. The molecule has 0 spiro atoms. The van der Waals surface area contributed by atoms with E-state index in [0.29, 0.717) is 12.8 Å². The smallest absolute Gasteiger partial charge is 0.325 e. The Morgan fingerprint density at radius 2 is 1.70 bits per heavy atom. The molecule has 1 saturated heterocycles. The summed E-state index contributed by atoms with van der Waals surface area (Å²) in [4.78, 5) is 48.5. The van der Waals surface area contributed by atoms with Crippen LogP contribution in [0.5, 0.6) is 0 Å². The monoisotopic (exact) mass is 378 g/mol. The van der Waals surface area contributed by atoms with Crippen LogP contribution in [0.1, 0.15) is 64.7 Å². The van der Waals surface area contributed by atoms with E-state index in [1.807, 2.05) is 0 Å². The highest BCUT2D eigenvalue weighted by Crippen LogP contribution is 2.40. The van der Waals surface area contributed by atoms with Crippen molar-refractivity contribution in [2.75, 3.05) is 13.1 Å². The molecule has 1 aliphatic heterocycles. The fourth-order valence-corrected chi connectivity index (χ4v) is 4.58. The summed E-state index contributed by atoms with van der Waals surface area (Å²) in [5, 5.41) is 8.25. The Morgan fingerprint density at radius 1 is 1.07 bits per heavy atom. The van der Waals surface area contributed by atoms with Crippen molar-refractivity contribution in [2.24, 2.45) is 5.41 Å². The minimum absolute atomic E-state index is 0.0139. The normalized spacial score (nSPS) is 27.4. The Balaban J connectivity index is 1.42. The van der Waals surface area contributed by atoms with E-state index >= 15 is 0 Å². The van der Waals surface area contributed by atoms with Crippen LogP contribution in [-0.2, 0) is 14.4 Å². The second-order valence-electron chi connectivity index (χ2n) is 8.60. The molecule has 2 saturated carbocycles. The number of hydrogen-bond acceptors (Lipinski definition) is 4. The van der Waals surface area contributed by atoms with Gasteiger partial charge in [0.25, 0.3) is 0 Å². The average molecular weight is 378 g/mol. The maximum atomic E-state index is 12.4. The van der Waals surface area contributed by atoms with Gasteiger partial charge in [0, 0.05) is 18.5 Å². The number of carbonyl (C=O) groups is 4. The van der Waals surface area contributed by atoms with Crippen molar-refractivity contribution in [1.29, 1.82) is 0 Å². The maximum Gasteiger partial charge on any atom is 0.325 e. The molecule has 0 unspecified atom stereocenters. The number of carbonyl (C=O) groups excluding carboxylic acids is 4. The summed E-state index contributed by atoms with van der Waals surface area (Å²) in [5.41, 5.74) is 0.139. The summed E-state index contributed by atoms with van der Waals surface area (Å²) in [5.74, 6) is -0.539. The molecule has 2 aliphatic carbocycles. The first-order valence-corrected chi connectivity index (χ1v) is 10.0. The summed E-state index contributed by atoms with van der Waals surface area (Å²) in [6.07, 6.45) is 8.68. The molecule has 0 aromatic rings. The van der Waals surface area contributed by atoms with E-state index in [0.717, 1.165) is 32.1 Å². The Kier molecular flexibility index (Phi) is 6.01. The van der Waals surface area contributed by atoms with Crippen molar-refractivity contribution in [3.63, 3.8) is 0 Å². The Hall–Kier alpha value is -2.12. The molecule has 3 fully saturated rings. The number of nitrogens with one attached hydrogen (secondary N) is 3. The molecule has 8 heteroatoms. The molecule has 150 valence electrons. The van der Waals surface area contributed by atoms with Gasteiger partial charge in [-0.3, -0.25) is 19.7 Å². The predicted molar refractivity (Wildman–Crippen MR) is 98.6 cm³/mol. The Labute approximate surface area is 159 Å². The molecule has 2 atom stereocenters. The van der Waals surface area contributed by atoms with Crippen LogP contribution in [0.3, 0.4) is 0 Å². The van der Waals surface area contributed by atoms with Crippen molar-refractivity contribution in [1.82, 2.24) is 20.9 Å². The number of urea groups is 1. The number of amides is 5. The van der Waals surface area contributed by atoms with Crippen LogP contribution in [0.25, 0.3) is 0 Å². The number of rotatable bonds is 6. The molecule has 3 aliphatic rings. The van der Waals surface area contributed by atoms with Crippen LogP contribution < -0.4 is 16.0 Å². The topological polar surface area (TPSA) is 108 Å². The Morgan fingerprint density at radius 3 is 2.30 bits per heavy atom. The van der Waals surface area contributed by atoms with E-state index < -0.39 is 6.03 Å². The highest BCUT2D eigenvalue weighted by atomic mass is 16.2. The molecular weight excluding hydrogens is 348 g/mol. The van der Waals surface area contributed by atoms with Crippen LogP contribution >= 0.6 is 0 Å². The molecule has 0 aromatic carbocycles. The minimum Gasteiger partial charge on any atom is -0.353 e. The first kappa shape index (κ1) is 19.6. The van der Waals surface area contributed by atoms with Gasteiger partial charge in [-0.25, -0.2) is 4.79 Å². The van der Waals surface area contributed by atoms with Crippen LogP contribution in [0, 0.1) is 5.41 Å². The summed E-state index contributed by atoms with van der Waals surface area (Å²) in [6, 6.07) is -0.456. The molecule has 8 nitrogen and oxygen atoms in total. The van der Waals surface area contributed by atoms with Gasteiger partial charge in [-0.1, -0.05) is 19.8 Å². The lowest BCUT2D eigenvalue weighted by atomic mass is 9.84. The zero-order chi connectivity index (χ0) is 19.4. The fourth-order valence-electron chi connectivity index (χ4n) is 4.58. The maximum absolute atomic E-state index is 12.4. The molecule has 27 heavy (non-hydrogen) atoms. The van der Waals surface area contributed by atoms with E-state index in [2.05, 4.69) is 22.9 Å². The van der Waals surface area contributed by atoms with Gasteiger partial charge < -0.3 is 15.5 Å². The molecule has 3 rings (SSSR count). The van der Waals surface area contributed by atoms with Crippen molar-refractivity contribution in [3.05, 3.63) is 0 Å². The molecule has 1 heterocycles. The number of nitrogens with zero attached hydrogens (tertiary/aromatic N) is 1. The largest absolute Gasteiger partial charge is 0.353 e. The first-order valence-electron chi connectivity index (χ1n) is 10.0. The molecule has 0 bridgehead atoms. The summed E-state index contributed by atoms with van der Waals surface area (Å²) in [7, 11) is 0. The van der Waals surface area contributed by atoms with Crippen molar-refractivity contribution in [2.45, 2.75) is 76.8 Å². The van der Waals surface area contributed by atoms with Crippen LogP contribution in [0.4, 0.5) is 4.79 Å². The SMILES string of the molecule is CC1(CC(=O)N[C@@H]2CCC[C@H](NC(=O)CN3CC(=O)NC3=O)C2)CCCC1. The van der Waals surface area contributed by atoms with E-state index in [1.54, 1.807) is 0 Å². The van der Waals surface area contributed by atoms with Crippen LogP contribution in [-0.4, -0.2) is 53.8 Å². The number of hydrogen-bond donors (Lipinski definition) is 3. The Bertz CT molecular complexity index is 615. The quantitative estimate of drug-likeness (QED) is 0.601. The summed E-state index contributed by atoms with van der Waals surface area (Å²) < 4.78 is 0. The third-order valence-corrected chi connectivity index (χ3v) is 6.00. The summed E-state index contributed by atoms with van der Waals surface area (Å²) >= 11 is 0. The van der Waals surface area contributed by atoms with Gasteiger partial charge in [0.05, 0.1) is 0 Å². The third-order valence-electron chi connectivity index (χ3n) is 6.00. The van der Waals surface area contributed by atoms with Gasteiger partial charge in [0.2, 0.25) is 17.7 Å².